The van der Waals surface area contributed by atoms with Crippen LogP contribution in [0.4, 0.5) is 28.9 Å². The second-order valence-corrected chi connectivity index (χ2v) is 9.86. The fraction of sp³-hybridized carbons (Fsp3) is 0.417. The Labute approximate surface area is 226 Å². The Hall–Kier alpha value is -3.99. The van der Waals surface area contributed by atoms with Crippen molar-refractivity contribution in [2.24, 2.45) is 10.8 Å². The Morgan fingerprint density at radius 3 is 1.21 bits per heavy atom. The number of nitro benzene ring substituents is 2. The number of benzene rings is 2. The number of carbonyl (C=O) groups excluding carboxylic acids is 4. The van der Waals surface area contributed by atoms with Crippen LogP contribution in [0.3, 0.4) is 0 Å². The minimum absolute atomic E-state index is 0.130. The molecule has 10 nitrogen and oxygen atoms in total. The zero-order chi connectivity index (χ0) is 31.6. The lowest BCUT2D eigenvalue weighted by molar-refractivity contribution is -0.390. The van der Waals surface area contributed by atoms with Crippen LogP contribution in [0.2, 0.25) is 0 Å². The standard InChI is InChI=1S/C11H13F2NO2.C6H3F2NO2.C5H11Cl.2CO2/c1-11(2,3)6-7-4-8(12)10(14(15)16)9(13)5-7;7-4-2-1-3-5(8)6(4)9(10)11;1-5(2,3)4-6;2*2-1-3/h4-5H,6H2,1-3H3;1-3H;4H2,1-3H3;;. The number of alkyl halides is 1. The number of para-hydroxylation sites is 1. The number of nitro groups is 2. The van der Waals surface area contributed by atoms with Gasteiger partial charge in [-0.05, 0) is 47.1 Å². The van der Waals surface area contributed by atoms with Gasteiger partial charge in [-0.3, -0.25) is 20.2 Å². The van der Waals surface area contributed by atoms with Gasteiger partial charge < -0.3 is 0 Å². The van der Waals surface area contributed by atoms with Gasteiger partial charge in [-0.1, -0.05) is 47.6 Å². The Balaban J connectivity index is -0.000000486. The third-order valence-corrected chi connectivity index (χ3v) is 4.32. The van der Waals surface area contributed by atoms with Crippen LogP contribution in [0.25, 0.3) is 0 Å². The molecule has 0 spiro atoms. The van der Waals surface area contributed by atoms with Crippen LogP contribution < -0.4 is 0 Å². The molecule has 0 fully saturated rings. The molecule has 0 aliphatic rings. The van der Waals surface area contributed by atoms with Gasteiger partial charge >= 0.3 is 23.7 Å². The third-order valence-electron chi connectivity index (χ3n) is 3.51. The summed E-state index contributed by atoms with van der Waals surface area (Å²) in [6.07, 6.45) is 0.957. The molecule has 15 heteroatoms. The molecule has 0 saturated carbocycles. The van der Waals surface area contributed by atoms with E-state index in [1.54, 1.807) is 0 Å². The Bertz CT molecular complexity index is 1100. The van der Waals surface area contributed by atoms with Crippen molar-refractivity contribution < 1.29 is 46.6 Å². The van der Waals surface area contributed by atoms with Crippen molar-refractivity contribution in [2.45, 2.75) is 48.0 Å². The highest BCUT2D eigenvalue weighted by Gasteiger charge is 2.23. The summed E-state index contributed by atoms with van der Waals surface area (Å²) in [5, 5.41) is 20.3. The van der Waals surface area contributed by atoms with E-state index in [1.165, 1.54) is 0 Å². The van der Waals surface area contributed by atoms with Crippen LogP contribution in [0.5, 0.6) is 0 Å². The van der Waals surface area contributed by atoms with Gasteiger partial charge in [0.1, 0.15) is 0 Å². The molecular weight excluding hydrogens is 556 g/mol. The summed E-state index contributed by atoms with van der Waals surface area (Å²) in [7, 11) is 0. The van der Waals surface area contributed by atoms with Crippen LogP contribution in [-0.4, -0.2) is 28.0 Å². The van der Waals surface area contributed by atoms with E-state index in [2.05, 4.69) is 20.8 Å². The van der Waals surface area contributed by atoms with E-state index < -0.39 is 44.5 Å². The third kappa shape index (κ3) is 19.7. The van der Waals surface area contributed by atoms with Crippen molar-refractivity contribution in [3.8, 4) is 0 Å². The molecule has 0 unspecified atom stereocenters. The molecule has 2 aromatic carbocycles. The first kappa shape index (κ1) is 39.5. The molecule has 0 aromatic heterocycles. The Kier molecular flexibility index (Phi) is 19.4. The first-order chi connectivity index (χ1) is 17.7. The zero-order valence-corrected chi connectivity index (χ0v) is 22.6. The Morgan fingerprint density at radius 2 is 1.00 bits per heavy atom. The van der Waals surface area contributed by atoms with Crippen molar-refractivity contribution >= 4 is 35.3 Å². The van der Waals surface area contributed by atoms with Gasteiger partial charge in [0, 0.05) is 5.88 Å². The summed E-state index contributed by atoms with van der Waals surface area (Å²) in [4.78, 5) is 50.7. The van der Waals surface area contributed by atoms with E-state index in [9.17, 15) is 37.8 Å². The van der Waals surface area contributed by atoms with Gasteiger partial charge in [-0.25, -0.2) is 0 Å². The van der Waals surface area contributed by atoms with E-state index in [1.807, 2.05) is 20.8 Å². The number of hydrogen-bond donors (Lipinski definition) is 0. The largest absolute Gasteiger partial charge is 0.373 e. The molecule has 0 aliphatic carbocycles. The van der Waals surface area contributed by atoms with Crippen LogP contribution >= 0.6 is 11.6 Å². The summed E-state index contributed by atoms with van der Waals surface area (Å²) in [5.74, 6) is -3.81. The number of halogens is 5. The van der Waals surface area contributed by atoms with Gasteiger partial charge in [0.05, 0.1) is 9.85 Å². The first-order valence-corrected chi connectivity index (χ1v) is 11.0. The van der Waals surface area contributed by atoms with Crippen LogP contribution in [0.1, 0.15) is 47.1 Å². The number of rotatable bonds is 3. The summed E-state index contributed by atoms with van der Waals surface area (Å²) in [6, 6.07) is 4.78. The summed E-state index contributed by atoms with van der Waals surface area (Å²) in [6.45, 7) is 12.1. The van der Waals surface area contributed by atoms with Crippen molar-refractivity contribution in [1.29, 1.82) is 0 Å². The van der Waals surface area contributed by atoms with Gasteiger partial charge in [-0.2, -0.15) is 36.7 Å². The molecule has 39 heavy (non-hydrogen) atoms. The second kappa shape index (κ2) is 19.1. The van der Waals surface area contributed by atoms with Gasteiger partial charge in [0.25, 0.3) is 0 Å². The molecule has 0 bridgehead atoms. The van der Waals surface area contributed by atoms with Crippen molar-refractivity contribution in [3.63, 3.8) is 0 Å². The second-order valence-electron chi connectivity index (χ2n) is 9.59. The van der Waals surface area contributed by atoms with Crippen LogP contribution in [0, 0.1) is 54.3 Å². The van der Waals surface area contributed by atoms with Crippen molar-refractivity contribution in [1.82, 2.24) is 0 Å². The van der Waals surface area contributed by atoms with Gasteiger partial charge in [0.15, 0.2) is 0 Å². The highest BCUT2D eigenvalue weighted by atomic mass is 35.5. The van der Waals surface area contributed by atoms with Gasteiger partial charge in [-0.15, -0.1) is 11.6 Å². The normalized spacial score (nSPS) is 9.72. The molecule has 216 valence electrons. The lowest BCUT2D eigenvalue weighted by Crippen LogP contribution is -2.10. The van der Waals surface area contributed by atoms with Crippen LogP contribution in [0.15, 0.2) is 30.3 Å². The summed E-state index contributed by atoms with van der Waals surface area (Å²) < 4.78 is 51.3. The average Bonchev–Trinajstić information content (AvgIpc) is 2.73. The molecule has 2 rings (SSSR count). The maximum atomic E-state index is 13.3. The lowest BCUT2D eigenvalue weighted by Gasteiger charge is -2.17. The quantitative estimate of drug-likeness (QED) is 0.173. The number of hydrogen-bond acceptors (Lipinski definition) is 8. The fourth-order valence-corrected chi connectivity index (χ4v) is 2.17. The fourth-order valence-electron chi connectivity index (χ4n) is 2.17. The predicted octanol–water partition coefficient (Wildman–Crippen LogP) is 6.44. The van der Waals surface area contributed by atoms with E-state index in [-0.39, 0.29) is 17.7 Å². The Morgan fingerprint density at radius 1 is 0.718 bits per heavy atom. The van der Waals surface area contributed by atoms with Crippen LogP contribution in [-0.2, 0) is 25.6 Å². The molecule has 0 radical (unpaired) electrons. The molecule has 0 amide bonds. The van der Waals surface area contributed by atoms with Crippen molar-refractivity contribution in [3.05, 3.63) is 79.4 Å². The minimum Gasteiger partial charge on any atom is -0.258 e. The molecule has 0 heterocycles. The first-order valence-electron chi connectivity index (χ1n) is 10.5. The molecule has 2 aromatic rings. The topological polar surface area (TPSA) is 155 Å². The maximum Gasteiger partial charge on any atom is 0.373 e. The SMILES string of the molecule is CC(C)(C)CCl.CC(C)(C)Cc1cc(F)c([N+](=O)[O-])c(F)c1.O=C=O.O=C=O.O=[N+]([O-])c1c(F)cccc1F. The van der Waals surface area contributed by atoms with Crippen molar-refractivity contribution in [2.75, 3.05) is 5.88 Å². The smallest absolute Gasteiger partial charge is 0.258 e. The average molecular weight is 583 g/mol. The summed E-state index contributed by atoms with van der Waals surface area (Å²) in [5.41, 5.74) is -1.59. The maximum absolute atomic E-state index is 13.3. The lowest BCUT2D eigenvalue weighted by atomic mass is 9.88. The highest BCUT2D eigenvalue weighted by molar-refractivity contribution is 6.18. The van der Waals surface area contributed by atoms with Gasteiger partial charge in [0.2, 0.25) is 23.3 Å². The molecule has 0 aliphatic heterocycles. The minimum atomic E-state index is -1.16. The molecule has 0 saturated heterocycles. The van der Waals surface area contributed by atoms with E-state index in [0.717, 1.165) is 36.2 Å². The predicted molar refractivity (Wildman–Crippen MR) is 129 cm³/mol. The molecule has 0 atom stereocenters. The summed E-state index contributed by atoms with van der Waals surface area (Å²) >= 11 is 5.48. The monoisotopic (exact) mass is 582 g/mol. The van der Waals surface area contributed by atoms with E-state index >= 15 is 0 Å². The van der Waals surface area contributed by atoms with E-state index in [0.29, 0.717) is 17.4 Å². The highest BCUT2D eigenvalue weighted by Crippen LogP contribution is 2.27. The molecule has 0 N–H and O–H groups in total. The zero-order valence-electron chi connectivity index (χ0n) is 21.9. The molecular formula is C24H27ClF4N2O8. The van der Waals surface area contributed by atoms with E-state index in [4.69, 9.17) is 30.8 Å². The number of nitrogens with zero attached hydrogens (tertiary/aromatic N) is 2.